The van der Waals surface area contributed by atoms with Gasteiger partial charge in [-0.25, -0.2) is 0 Å². The second-order valence-electron chi connectivity index (χ2n) is 5.52. The lowest BCUT2D eigenvalue weighted by Crippen LogP contribution is -2.33. The topological polar surface area (TPSA) is 29.1 Å². The molecular formula is C13H23NO. The van der Waals surface area contributed by atoms with E-state index in [0.29, 0.717) is 12.0 Å². The van der Waals surface area contributed by atoms with E-state index in [9.17, 15) is 4.79 Å². The Bertz CT molecular complexity index is 239. The van der Waals surface area contributed by atoms with Gasteiger partial charge < -0.3 is 5.32 Å². The molecule has 15 heavy (non-hydrogen) atoms. The molecule has 2 fully saturated rings. The quantitative estimate of drug-likeness (QED) is 0.758. The summed E-state index contributed by atoms with van der Waals surface area (Å²) >= 11 is 0. The molecule has 2 heteroatoms. The highest BCUT2D eigenvalue weighted by Gasteiger charge is 2.40. The summed E-state index contributed by atoms with van der Waals surface area (Å²) in [5, 5.41) is 3.08. The monoisotopic (exact) mass is 209 g/mol. The Kier molecular flexibility index (Phi) is 3.32. The van der Waals surface area contributed by atoms with Gasteiger partial charge in [0.05, 0.1) is 0 Å². The highest BCUT2D eigenvalue weighted by molar-refractivity contribution is 5.76. The fourth-order valence-corrected chi connectivity index (χ4v) is 3.30. The van der Waals surface area contributed by atoms with Crippen LogP contribution in [0.15, 0.2) is 0 Å². The number of nitrogens with one attached hydrogen (secondary N) is 1. The molecule has 86 valence electrons. The molecule has 0 aromatic rings. The molecule has 0 aromatic heterocycles. The van der Waals surface area contributed by atoms with Crippen LogP contribution in [-0.4, -0.2) is 11.9 Å². The van der Waals surface area contributed by atoms with Crippen LogP contribution >= 0.6 is 0 Å². The molecule has 2 aliphatic carbocycles. The summed E-state index contributed by atoms with van der Waals surface area (Å²) in [6, 6.07) is 0.344. The van der Waals surface area contributed by atoms with Crippen LogP contribution in [0.1, 0.15) is 52.4 Å². The van der Waals surface area contributed by atoms with E-state index in [-0.39, 0.29) is 5.91 Å². The number of carbonyl (C=O) groups is 1. The van der Waals surface area contributed by atoms with E-state index in [1.54, 1.807) is 0 Å². The van der Waals surface area contributed by atoms with Crippen molar-refractivity contribution in [3.63, 3.8) is 0 Å². The van der Waals surface area contributed by atoms with Gasteiger partial charge in [0.15, 0.2) is 0 Å². The molecule has 2 nitrogen and oxygen atoms in total. The molecular weight excluding hydrogens is 186 g/mol. The molecule has 2 aliphatic rings. The summed E-state index contributed by atoms with van der Waals surface area (Å²) in [4.78, 5) is 11.7. The van der Waals surface area contributed by atoms with Crippen molar-refractivity contribution in [3.05, 3.63) is 0 Å². The lowest BCUT2D eigenvalue weighted by molar-refractivity contribution is -0.123. The Labute approximate surface area is 92.8 Å². The van der Waals surface area contributed by atoms with Gasteiger partial charge in [-0.1, -0.05) is 13.3 Å². The SMILES string of the molecule is CCC(C)NC(=O)CC1CC2CCC1C2. The summed E-state index contributed by atoms with van der Waals surface area (Å²) in [6.07, 6.45) is 7.34. The Morgan fingerprint density at radius 1 is 1.40 bits per heavy atom. The van der Waals surface area contributed by atoms with Crippen LogP contribution in [0.5, 0.6) is 0 Å². The maximum absolute atomic E-state index is 11.7. The number of hydrogen-bond donors (Lipinski definition) is 1. The molecule has 0 aliphatic heterocycles. The van der Waals surface area contributed by atoms with E-state index in [2.05, 4.69) is 19.2 Å². The van der Waals surface area contributed by atoms with Crippen molar-refractivity contribution in [1.29, 1.82) is 0 Å². The number of hydrogen-bond acceptors (Lipinski definition) is 1. The minimum atomic E-state index is 0.280. The van der Waals surface area contributed by atoms with Crippen LogP contribution in [0.25, 0.3) is 0 Å². The average molecular weight is 209 g/mol. The molecule has 2 bridgehead atoms. The van der Waals surface area contributed by atoms with Crippen LogP contribution in [0, 0.1) is 17.8 Å². The standard InChI is InChI=1S/C13H23NO/c1-3-9(2)14-13(15)8-12-7-10-4-5-11(12)6-10/h9-12H,3-8H2,1-2H3,(H,14,15). The predicted octanol–water partition coefficient (Wildman–Crippen LogP) is 2.73. The third-order valence-electron chi connectivity index (χ3n) is 4.35. The first-order chi connectivity index (χ1) is 7.19. The molecule has 0 saturated heterocycles. The van der Waals surface area contributed by atoms with Crippen molar-refractivity contribution in [1.82, 2.24) is 5.32 Å². The van der Waals surface area contributed by atoms with Gasteiger partial charge >= 0.3 is 0 Å². The second-order valence-corrected chi connectivity index (χ2v) is 5.52. The zero-order chi connectivity index (χ0) is 10.8. The molecule has 1 amide bonds. The Hall–Kier alpha value is -0.530. The smallest absolute Gasteiger partial charge is 0.220 e. The van der Waals surface area contributed by atoms with Gasteiger partial charge in [0.1, 0.15) is 0 Å². The predicted molar refractivity (Wildman–Crippen MR) is 61.5 cm³/mol. The van der Waals surface area contributed by atoms with Crippen LogP contribution in [0.2, 0.25) is 0 Å². The molecule has 4 atom stereocenters. The molecule has 1 N–H and O–H groups in total. The van der Waals surface area contributed by atoms with Gasteiger partial charge in [-0.2, -0.15) is 0 Å². The summed E-state index contributed by atoms with van der Waals surface area (Å²) in [6.45, 7) is 4.20. The first kappa shape index (κ1) is 11.0. The molecule has 0 spiro atoms. The molecule has 4 unspecified atom stereocenters. The normalized spacial score (nSPS) is 35.5. The first-order valence-corrected chi connectivity index (χ1v) is 6.48. The molecule has 0 aromatic carbocycles. The lowest BCUT2D eigenvalue weighted by Gasteiger charge is -2.21. The van der Waals surface area contributed by atoms with Gasteiger partial charge in [0, 0.05) is 12.5 Å². The number of fused-ring (bicyclic) bond motifs is 2. The fraction of sp³-hybridized carbons (Fsp3) is 0.923. The van der Waals surface area contributed by atoms with E-state index in [0.717, 1.165) is 24.7 Å². The zero-order valence-corrected chi connectivity index (χ0v) is 9.96. The minimum Gasteiger partial charge on any atom is -0.354 e. The Balaban J connectivity index is 1.75. The van der Waals surface area contributed by atoms with E-state index in [1.165, 1.54) is 25.7 Å². The van der Waals surface area contributed by atoms with Gasteiger partial charge in [-0.05, 0) is 50.4 Å². The van der Waals surface area contributed by atoms with Crippen molar-refractivity contribution in [2.24, 2.45) is 17.8 Å². The van der Waals surface area contributed by atoms with Crippen LogP contribution in [0.3, 0.4) is 0 Å². The summed E-state index contributed by atoms with van der Waals surface area (Å²) in [5.41, 5.74) is 0. The van der Waals surface area contributed by atoms with E-state index in [1.807, 2.05) is 0 Å². The van der Waals surface area contributed by atoms with Crippen LogP contribution in [-0.2, 0) is 4.79 Å². The molecule has 2 saturated carbocycles. The van der Waals surface area contributed by atoms with Crippen molar-refractivity contribution < 1.29 is 4.79 Å². The van der Waals surface area contributed by atoms with Crippen molar-refractivity contribution in [3.8, 4) is 0 Å². The second kappa shape index (κ2) is 4.54. The maximum Gasteiger partial charge on any atom is 0.220 e. The average Bonchev–Trinajstić information content (AvgIpc) is 2.78. The van der Waals surface area contributed by atoms with E-state index in [4.69, 9.17) is 0 Å². The fourth-order valence-electron chi connectivity index (χ4n) is 3.30. The minimum absolute atomic E-state index is 0.280. The Morgan fingerprint density at radius 3 is 2.73 bits per heavy atom. The first-order valence-electron chi connectivity index (χ1n) is 6.48. The van der Waals surface area contributed by atoms with Gasteiger partial charge in [0.2, 0.25) is 5.91 Å². The third kappa shape index (κ3) is 2.53. The highest BCUT2D eigenvalue weighted by atomic mass is 16.1. The summed E-state index contributed by atoms with van der Waals surface area (Å²) in [5.74, 6) is 2.81. The van der Waals surface area contributed by atoms with E-state index >= 15 is 0 Å². The zero-order valence-electron chi connectivity index (χ0n) is 9.96. The lowest BCUT2D eigenvalue weighted by atomic mass is 9.86. The Morgan fingerprint density at radius 2 is 2.20 bits per heavy atom. The summed E-state index contributed by atoms with van der Waals surface area (Å²) < 4.78 is 0. The molecule has 2 rings (SSSR count). The van der Waals surface area contributed by atoms with Crippen molar-refractivity contribution in [2.45, 2.75) is 58.4 Å². The summed E-state index contributed by atoms with van der Waals surface area (Å²) in [7, 11) is 0. The molecule has 0 radical (unpaired) electrons. The number of rotatable bonds is 4. The highest BCUT2D eigenvalue weighted by Crippen LogP contribution is 2.49. The van der Waals surface area contributed by atoms with Crippen LogP contribution in [0.4, 0.5) is 0 Å². The van der Waals surface area contributed by atoms with Gasteiger partial charge in [0.25, 0.3) is 0 Å². The largest absolute Gasteiger partial charge is 0.354 e. The third-order valence-corrected chi connectivity index (χ3v) is 4.35. The molecule has 0 heterocycles. The van der Waals surface area contributed by atoms with Crippen molar-refractivity contribution in [2.75, 3.05) is 0 Å². The number of amides is 1. The number of carbonyl (C=O) groups excluding carboxylic acids is 1. The van der Waals surface area contributed by atoms with Crippen molar-refractivity contribution >= 4 is 5.91 Å². The van der Waals surface area contributed by atoms with Crippen LogP contribution < -0.4 is 5.32 Å². The maximum atomic E-state index is 11.7. The van der Waals surface area contributed by atoms with Gasteiger partial charge in [-0.15, -0.1) is 0 Å². The van der Waals surface area contributed by atoms with Gasteiger partial charge in [-0.3, -0.25) is 4.79 Å². The van der Waals surface area contributed by atoms with E-state index < -0.39 is 0 Å².